The molecule has 2 aromatic rings. The molecule has 12 nitrogen and oxygen atoms in total. The third-order valence-corrected chi connectivity index (χ3v) is 3.58. The minimum absolute atomic E-state index is 0.0630. The van der Waals surface area contributed by atoms with Gasteiger partial charge in [-0.25, -0.2) is 22.6 Å². The number of aliphatic hydroxyl groups excluding tert-OH is 1. The zero-order valence-electron chi connectivity index (χ0n) is 18.3. The van der Waals surface area contributed by atoms with E-state index in [0.717, 1.165) is 26.4 Å². The van der Waals surface area contributed by atoms with Crippen LogP contribution in [0.25, 0.3) is 0 Å². The van der Waals surface area contributed by atoms with Gasteiger partial charge in [-0.05, 0) is 37.1 Å². The van der Waals surface area contributed by atoms with Crippen LogP contribution in [-0.4, -0.2) is 50.4 Å². The number of rotatable bonds is 4. The van der Waals surface area contributed by atoms with Crippen molar-refractivity contribution in [1.29, 1.82) is 0 Å². The van der Waals surface area contributed by atoms with Crippen LogP contribution in [0, 0.1) is 45.7 Å². The Kier molecular flexibility index (Phi) is 15.9. The number of methoxy groups -OCH3 is 1. The molecule has 0 saturated heterocycles. The maximum atomic E-state index is 13.0. The molecule has 2 aromatic carbocycles. The largest absolute Gasteiger partial charge is 0.477 e. The molecule has 35 heavy (non-hydrogen) atoms. The first-order valence-electron chi connectivity index (χ1n) is 8.53. The van der Waals surface area contributed by atoms with Gasteiger partial charge in [0.15, 0.2) is 0 Å². The fourth-order valence-electron chi connectivity index (χ4n) is 2.09. The Bertz CT molecular complexity index is 1080. The van der Waals surface area contributed by atoms with E-state index >= 15 is 0 Å². The van der Waals surface area contributed by atoms with Crippen molar-refractivity contribution < 1.29 is 47.4 Å². The number of carbonyl (C=O) groups excluding carboxylic acids is 1. The molecule has 194 valence electrons. The van der Waals surface area contributed by atoms with Crippen molar-refractivity contribution in [3.05, 3.63) is 78.4 Å². The zero-order valence-corrected chi connectivity index (χ0v) is 20.6. The number of nitro benzene ring substituents is 2. The van der Waals surface area contributed by atoms with E-state index in [1.54, 1.807) is 0 Å². The summed E-state index contributed by atoms with van der Waals surface area (Å²) in [5.74, 6) is -3.82. The number of ether oxygens (including phenoxy) is 1. The van der Waals surface area contributed by atoms with Gasteiger partial charge in [-0.15, -0.1) is 0 Å². The number of aromatic carboxylic acids is 1. The molecule has 2 N–H and O–H groups in total. The van der Waals surface area contributed by atoms with Gasteiger partial charge in [0.05, 0.1) is 29.1 Å². The Morgan fingerprint density at radius 1 is 0.914 bits per heavy atom. The summed E-state index contributed by atoms with van der Waals surface area (Å²) < 4.78 is 39.4. The Morgan fingerprint density at radius 3 is 1.51 bits per heavy atom. The van der Waals surface area contributed by atoms with Gasteiger partial charge in [-0.3, -0.25) is 20.2 Å². The molecule has 0 saturated carbocycles. The minimum Gasteiger partial charge on any atom is -0.477 e. The van der Waals surface area contributed by atoms with Crippen LogP contribution in [0.15, 0.2) is 24.3 Å². The van der Waals surface area contributed by atoms with E-state index in [1.165, 1.54) is 13.8 Å². The molecule has 0 heterocycles. The summed E-state index contributed by atoms with van der Waals surface area (Å²) in [6.45, 7) is 2.75. The average molecular weight is 563 g/mol. The van der Waals surface area contributed by atoms with Gasteiger partial charge in [0.1, 0.15) is 22.8 Å². The van der Waals surface area contributed by atoms with Crippen molar-refractivity contribution in [2.75, 3.05) is 14.2 Å². The molecule has 0 unspecified atom stereocenters. The molecule has 0 fully saturated rings. The van der Waals surface area contributed by atoms with E-state index < -0.39 is 59.6 Å². The van der Waals surface area contributed by atoms with E-state index in [9.17, 15) is 38.6 Å². The van der Waals surface area contributed by atoms with E-state index in [0.29, 0.717) is 12.1 Å². The van der Waals surface area contributed by atoms with Crippen molar-refractivity contribution >= 4 is 53.9 Å². The highest BCUT2D eigenvalue weighted by Gasteiger charge is 2.23. The quantitative estimate of drug-likeness (QED) is 0.236. The smallest absolute Gasteiger partial charge is 0.344 e. The van der Waals surface area contributed by atoms with Crippen molar-refractivity contribution in [3.63, 3.8) is 0 Å². The first-order valence-corrected chi connectivity index (χ1v) is 11.3. The van der Waals surface area contributed by atoms with Gasteiger partial charge in [-0.2, -0.15) is 0 Å². The third-order valence-electron chi connectivity index (χ3n) is 3.58. The number of hydrogen-bond donors (Lipinski definition) is 2. The Labute approximate surface area is 207 Å². The van der Waals surface area contributed by atoms with Gasteiger partial charge in [-0.1, -0.05) is 0 Å². The van der Waals surface area contributed by atoms with E-state index in [2.05, 4.69) is 26.1 Å². The summed E-state index contributed by atoms with van der Waals surface area (Å²) in [6.07, 6.45) is 0. The van der Waals surface area contributed by atoms with Crippen LogP contribution in [0.5, 0.6) is 0 Å². The van der Waals surface area contributed by atoms with Crippen LogP contribution in [0.1, 0.15) is 31.8 Å². The number of esters is 1. The molecule has 0 radical (unpaired) electrons. The summed E-state index contributed by atoms with van der Waals surface area (Å²) >= 11 is 0. The summed E-state index contributed by atoms with van der Waals surface area (Å²) in [4.78, 5) is 40.9. The highest BCUT2D eigenvalue weighted by molar-refractivity contribution is 8.26. The van der Waals surface area contributed by atoms with Crippen LogP contribution in [0.2, 0.25) is 0 Å². The zero-order chi connectivity index (χ0) is 28.0. The van der Waals surface area contributed by atoms with Gasteiger partial charge in [0, 0.05) is 28.5 Å². The van der Waals surface area contributed by atoms with Crippen molar-refractivity contribution in [3.8, 4) is 0 Å². The number of hydrogen-bond acceptors (Lipinski definition) is 9. The van der Waals surface area contributed by atoms with Crippen LogP contribution < -0.4 is 0 Å². The number of aliphatic hydroxyl groups is 1. The second kappa shape index (κ2) is 16.4. The number of halogens is 4. The second-order valence-electron chi connectivity index (χ2n) is 5.73. The molecule has 0 amide bonds. The van der Waals surface area contributed by atoms with Crippen molar-refractivity contribution in [2.45, 2.75) is 13.8 Å². The molecular formula is C18H18Cl2F2N2O10S. The molecular weight excluding hydrogens is 545 g/mol. The topological polar surface area (TPSA) is 187 Å². The first kappa shape index (κ1) is 33.9. The molecule has 0 aliphatic rings. The molecule has 0 atom stereocenters. The lowest BCUT2D eigenvalue weighted by molar-refractivity contribution is -0.385. The maximum absolute atomic E-state index is 13.0. The monoisotopic (exact) mass is 562 g/mol. The van der Waals surface area contributed by atoms with Crippen LogP contribution in [0.3, 0.4) is 0 Å². The van der Waals surface area contributed by atoms with Gasteiger partial charge in [0.2, 0.25) is 9.23 Å². The molecule has 0 aromatic heterocycles. The van der Waals surface area contributed by atoms with Crippen LogP contribution in [-0.2, 0) is 14.0 Å². The summed E-state index contributed by atoms with van der Waals surface area (Å²) in [5, 5.41) is 36.5. The van der Waals surface area contributed by atoms with E-state index in [-0.39, 0.29) is 16.7 Å². The lowest BCUT2D eigenvalue weighted by Crippen LogP contribution is -2.07. The Balaban J connectivity index is 0. The Morgan fingerprint density at radius 2 is 1.23 bits per heavy atom. The molecule has 0 spiro atoms. The first-order chi connectivity index (χ1) is 16.1. The van der Waals surface area contributed by atoms with Crippen molar-refractivity contribution in [2.24, 2.45) is 0 Å². The molecule has 17 heteroatoms. The molecule has 0 aliphatic carbocycles. The number of carbonyl (C=O) groups is 2. The summed E-state index contributed by atoms with van der Waals surface area (Å²) in [5.41, 5.74) is -1.87. The number of carboxylic acids is 1. The fourth-order valence-corrected chi connectivity index (χ4v) is 2.09. The minimum atomic E-state index is -1.67. The highest BCUT2D eigenvalue weighted by atomic mass is 36.0. The Hall–Kier alpha value is -3.27. The van der Waals surface area contributed by atoms with Gasteiger partial charge < -0.3 is 14.9 Å². The highest BCUT2D eigenvalue weighted by Crippen LogP contribution is 2.23. The lowest BCUT2D eigenvalue weighted by atomic mass is 10.1. The third kappa shape index (κ3) is 11.6. The summed E-state index contributed by atoms with van der Waals surface area (Å²) in [7, 11) is 9.46. The summed E-state index contributed by atoms with van der Waals surface area (Å²) in [6, 6.07) is 3.36. The predicted octanol–water partition coefficient (Wildman–Crippen LogP) is 4.22. The average Bonchev–Trinajstić information content (AvgIpc) is 2.77. The van der Waals surface area contributed by atoms with Crippen LogP contribution >= 0.6 is 21.4 Å². The SMILES string of the molecule is CO.COC(=O)c1cc(C)c(F)cc1[N+](=O)[O-].Cc1cc(C(=O)O)c([N+](=O)[O-])cc1F.O=S(Cl)Cl. The standard InChI is InChI=1S/C9H8FNO4.C8H6FNO4.CH4O.Cl2OS/c1-5-3-6(9(12)15-2)8(11(13)14)4-7(5)10;1-4-2-5(8(11)12)7(10(13)14)3-6(4)9;1-2;1-4(2)3/h3-4H,1-2H3;2-3H,1H3,(H,11,12);2H,1H3;. The van der Waals surface area contributed by atoms with E-state index in [1.807, 2.05) is 0 Å². The second-order valence-corrected chi connectivity index (χ2v) is 8.26. The van der Waals surface area contributed by atoms with E-state index in [4.69, 9.17) is 14.4 Å². The van der Waals surface area contributed by atoms with Gasteiger partial charge >= 0.3 is 11.9 Å². The number of nitro groups is 2. The van der Waals surface area contributed by atoms with Crippen molar-refractivity contribution in [1.82, 2.24) is 0 Å². The maximum Gasteiger partial charge on any atom is 0.344 e. The number of benzene rings is 2. The molecule has 2 rings (SSSR count). The van der Waals surface area contributed by atoms with Crippen LogP contribution in [0.4, 0.5) is 20.2 Å². The van der Waals surface area contributed by atoms with Gasteiger partial charge in [0.25, 0.3) is 11.4 Å². The molecule has 0 bridgehead atoms. The number of carboxylic acid groups (broad SMARTS) is 1. The predicted molar refractivity (Wildman–Crippen MR) is 122 cm³/mol. The lowest BCUT2D eigenvalue weighted by Gasteiger charge is -2.03. The normalized spacial score (nSPS) is 9.31. The number of aryl methyl sites for hydroxylation is 2. The number of nitrogens with zero attached hydrogens (tertiary/aromatic N) is 2. The molecule has 0 aliphatic heterocycles. The fraction of sp³-hybridized carbons (Fsp3) is 0.222.